The molecule has 2 rings (SSSR count). The standard InChI is InChI=1S/C14H15ClN4O2/c1-9-7-12(17-18-13(9)15)21-11-6-4-5-10(8-11)16-14(20)19(2)3/h4-8H,1-3H3,(H,16,20). The summed E-state index contributed by atoms with van der Waals surface area (Å²) in [6.45, 7) is 1.82. The molecule has 0 aliphatic carbocycles. The van der Waals surface area contributed by atoms with Crippen molar-refractivity contribution < 1.29 is 9.53 Å². The molecule has 110 valence electrons. The number of carbonyl (C=O) groups is 1. The maximum absolute atomic E-state index is 11.6. The summed E-state index contributed by atoms with van der Waals surface area (Å²) in [5.74, 6) is 0.885. The zero-order valence-corrected chi connectivity index (χ0v) is 12.7. The fourth-order valence-corrected chi connectivity index (χ4v) is 1.58. The van der Waals surface area contributed by atoms with Gasteiger partial charge in [-0.05, 0) is 24.6 Å². The first-order valence-electron chi connectivity index (χ1n) is 6.22. The van der Waals surface area contributed by atoms with Crippen LogP contribution in [0.2, 0.25) is 5.15 Å². The number of urea groups is 1. The molecule has 0 bridgehead atoms. The molecule has 6 nitrogen and oxygen atoms in total. The fraction of sp³-hybridized carbons (Fsp3) is 0.214. The van der Waals surface area contributed by atoms with Crippen LogP contribution in [0.25, 0.3) is 0 Å². The number of halogens is 1. The number of hydrogen-bond acceptors (Lipinski definition) is 4. The van der Waals surface area contributed by atoms with Gasteiger partial charge < -0.3 is 15.0 Å². The van der Waals surface area contributed by atoms with E-state index in [0.29, 0.717) is 22.5 Å². The van der Waals surface area contributed by atoms with Crippen LogP contribution < -0.4 is 10.1 Å². The Kier molecular flexibility index (Phi) is 4.59. The molecule has 0 saturated carbocycles. The lowest BCUT2D eigenvalue weighted by Gasteiger charge is -2.12. The van der Waals surface area contributed by atoms with Crippen molar-refractivity contribution in [1.82, 2.24) is 15.1 Å². The summed E-state index contributed by atoms with van der Waals surface area (Å²) < 4.78 is 5.60. The van der Waals surface area contributed by atoms with Crippen LogP contribution in [-0.2, 0) is 0 Å². The Morgan fingerprint density at radius 1 is 1.29 bits per heavy atom. The van der Waals surface area contributed by atoms with Gasteiger partial charge in [-0.15, -0.1) is 10.2 Å². The highest BCUT2D eigenvalue weighted by atomic mass is 35.5. The maximum atomic E-state index is 11.6. The van der Waals surface area contributed by atoms with Crippen LogP contribution in [0.5, 0.6) is 11.6 Å². The topological polar surface area (TPSA) is 67.3 Å². The van der Waals surface area contributed by atoms with E-state index >= 15 is 0 Å². The summed E-state index contributed by atoms with van der Waals surface area (Å²) in [5, 5.41) is 10.7. The Morgan fingerprint density at radius 2 is 2.05 bits per heavy atom. The second kappa shape index (κ2) is 6.41. The first-order chi connectivity index (χ1) is 9.95. The molecule has 7 heteroatoms. The Labute approximate surface area is 127 Å². The molecule has 1 aromatic heterocycles. The summed E-state index contributed by atoms with van der Waals surface area (Å²) in [6.07, 6.45) is 0. The number of aromatic nitrogens is 2. The lowest BCUT2D eigenvalue weighted by Crippen LogP contribution is -2.27. The fourth-order valence-electron chi connectivity index (χ4n) is 1.49. The van der Waals surface area contributed by atoms with Gasteiger partial charge in [-0.1, -0.05) is 17.7 Å². The Morgan fingerprint density at radius 3 is 2.71 bits per heavy atom. The van der Waals surface area contributed by atoms with Crippen molar-refractivity contribution >= 4 is 23.3 Å². The normalized spacial score (nSPS) is 10.1. The lowest BCUT2D eigenvalue weighted by atomic mass is 10.3. The largest absolute Gasteiger partial charge is 0.437 e. The van der Waals surface area contributed by atoms with Gasteiger partial charge in [0.25, 0.3) is 0 Å². The summed E-state index contributed by atoms with van der Waals surface area (Å²) in [6, 6.07) is 8.49. The van der Waals surface area contributed by atoms with Crippen molar-refractivity contribution in [2.75, 3.05) is 19.4 Å². The minimum absolute atomic E-state index is 0.214. The highest BCUT2D eigenvalue weighted by Crippen LogP contribution is 2.24. The molecule has 2 aromatic rings. The van der Waals surface area contributed by atoms with Crippen LogP contribution in [-0.4, -0.2) is 35.2 Å². The van der Waals surface area contributed by atoms with E-state index in [1.807, 2.05) is 6.92 Å². The van der Waals surface area contributed by atoms with Gasteiger partial charge in [0.15, 0.2) is 5.15 Å². The van der Waals surface area contributed by atoms with E-state index in [2.05, 4.69) is 15.5 Å². The van der Waals surface area contributed by atoms with Crippen molar-refractivity contribution in [2.45, 2.75) is 6.92 Å². The second-order valence-corrected chi connectivity index (χ2v) is 4.97. The van der Waals surface area contributed by atoms with Crippen molar-refractivity contribution in [2.24, 2.45) is 0 Å². The van der Waals surface area contributed by atoms with Gasteiger partial charge in [0.2, 0.25) is 5.88 Å². The van der Waals surface area contributed by atoms with Crippen LogP contribution in [0.3, 0.4) is 0 Å². The third kappa shape index (κ3) is 4.06. The van der Waals surface area contributed by atoms with E-state index in [0.717, 1.165) is 5.56 Å². The molecule has 0 atom stereocenters. The predicted molar refractivity (Wildman–Crippen MR) is 81.0 cm³/mol. The van der Waals surface area contributed by atoms with Gasteiger partial charge in [-0.2, -0.15) is 0 Å². The molecule has 0 spiro atoms. The average Bonchev–Trinajstić information content (AvgIpc) is 2.43. The van der Waals surface area contributed by atoms with Crippen molar-refractivity contribution in [3.05, 3.63) is 41.0 Å². The van der Waals surface area contributed by atoms with E-state index in [1.54, 1.807) is 44.4 Å². The minimum Gasteiger partial charge on any atom is -0.437 e. The molecule has 0 fully saturated rings. The number of amides is 2. The molecule has 0 radical (unpaired) electrons. The number of hydrogen-bond donors (Lipinski definition) is 1. The number of ether oxygens (including phenoxy) is 1. The van der Waals surface area contributed by atoms with E-state index in [4.69, 9.17) is 16.3 Å². The van der Waals surface area contributed by atoms with Gasteiger partial charge in [-0.3, -0.25) is 0 Å². The number of anilines is 1. The van der Waals surface area contributed by atoms with Crippen LogP contribution in [0.1, 0.15) is 5.56 Å². The van der Waals surface area contributed by atoms with Crippen LogP contribution in [0.4, 0.5) is 10.5 Å². The SMILES string of the molecule is Cc1cc(Oc2cccc(NC(=O)N(C)C)c2)nnc1Cl. The molecule has 1 aromatic carbocycles. The van der Waals surface area contributed by atoms with Crippen LogP contribution in [0.15, 0.2) is 30.3 Å². The van der Waals surface area contributed by atoms with Gasteiger partial charge in [-0.25, -0.2) is 4.79 Å². The monoisotopic (exact) mass is 306 g/mol. The zero-order chi connectivity index (χ0) is 15.4. The number of nitrogens with zero attached hydrogens (tertiary/aromatic N) is 3. The van der Waals surface area contributed by atoms with E-state index in [1.165, 1.54) is 4.90 Å². The summed E-state index contributed by atoms with van der Waals surface area (Å²) in [4.78, 5) is 13.0. The Balaban J connectivity index is 2.13. The quantitative estimate of drug-likeness (QED) is 0.944. The number of carbonyl (C=O) groups excluding carboxylic acids is 1. The first-order valence-corrected chi connectivity index (χ1v) is 6.59. The average molecular weight is 307 g/mol. The van der Waals surface area contributed by atoms with Gasteiger partial charge in [0.1, 0.15) is 5.75 Å². The van der Waals surface area contributed by atoms with Crippen molar-refractivity contribution in [3.63, 3.8) is 0 Å². The predicted octanol–water partition coefficient (Wildman–Crippen LogP) is 3.32. The molecule has 0 unspecified atom stereocenters. The Bertz CT molecular complexity index is 661. The third-order valence-corrected chi connectivity index (χ3v) is 2.99. The highest BCUT2D eigenvalue weighted by Gasteiger charge is 2.07. The first kappa shape index (κ1) is 15.1. The van der Waals surface area contributed by atoms with Gasteiger partial charge in [0, 0.05) is 31.9 Å². The highest BCUT2D eigenvalue weighted by molar-refractivity contribution is 6.30. The molecule has 21 heavy (non-hydrogen) atoms. The molecule has 0 saturated heterocycles. The molecule has 1 N–H and O–H groups in total. The van der Waals surface area contributed by atoms with E-state index in [9.17, 15) is 4.79 Å². The number of aryl methyl sites for hydroxylation is 1. The molecule has 2 amide bonds. The van der Waals surface area contributed by atoms with Crippen molar-refractivity contribution in [1.29, 1.82) is 0 Å². The molecule has 1 heterocycles. The molecular formula is C14H15ClN4O2. The lowest BCUT2D eigenvalue weighted by molar-refractivity contribution is 0.230. The number of benzene rings is 1. The van der Waals surface area contributed by atoms with E-state index < -0.39 is 0 Å². The van der Waals surface area contributed by atoms with Crippen molar-refractivity contribution in [3.8, 4) is 11.6 Å². The van der Waals surface area contributed by atoms with Gasteiger partial charge >= 0.3 is 6.03 Å². The van der Waals surface area contributed by atoms with Crippen LogP contribution >= 0.6 is 11.6 Å². The minimum atomic E-state index is -0.214. The maximum Gasteiger partial charge on any atom is 0.321 e. The van der Waals surface area contributed by atoms with Crippen LogP contribution in [0, 0.1) is 6.92 Å². The second-order valence-electron chi connectivity index (χ2n) is 4.61. The number of nitrogens with one attached hydrogen (secondary N) is 1. The molecule has 0 aliphatic heterocycles. The Hall–Kier alpha value is -2.34. The molecular weight excluding hydrogens is 292 g/mol. The van der Waals surface area contributed by atoms with Gasteiger partial charge in [0.05, 0.1) is 0 Å². The summed E-state index contributed by atoms with van der Waals surface area (Å²) in [5.41, 5.74) is 1.41. The molecule has 0 aliphatic rings. The third-order valence-electron chi connectivity index (χ3n) is 2.62. The number of rotatable bonds is 3. The van der Waals surface area contributed by atoms with E-state index in [-0.39, 0.29) is 6.03 Å². The summed E-state index contributed by atoms with van der Waals surface area (Å²) >= 11 is 5.81. The smallest absolute Gasteiger partial charge is 0.321 e. The zero-order valence-electron chi connectivity index (χ0n) is 11.9. The summed E-state index contributed by atoms with van der Waals surface area (Å²) in [7, 11) is 3.34.